The van der Waals surface area contributed by atoms with Gasteiger partial charge in [0.15, 0.2) is 17.4 Å². The standard InChI is InChI=1S/C14H17F2NO2/c1-17(8-11-3-2-6-19-11)9-14(18)10-4-5-12(15)13(16)7-10/h4-5,7,11H,2-3,6,8-9H2,1H3. The first-order chi connectivity index (χ1) is 9.06. The minimum Gasteiger partial charge on any atom is -0.377 e. The second-order valence-electron chi connectivity index (χ2n) is 4.88. The Morgan fingerprint density at radius 1 is 1.42 bits per heavy atom. The predicted molar refractivity (Wildman–Crippen MR) is 67.2 cm³/mol. The zero-order valence-corrected chi connectivity index (χ0v) is 10.9. The molecule has 0 spiro atoms. The van der Waals surface area contributed by atoms with Crippen LogP contribution in [0.15, 0.2) is 18.2 Å². The largest absolute Gasteiger partial charge is 0.377 e. The molecule has 1 heterocycles. The summed E-state index contributed by atoms with van der Waals surface area (Å²) in [5.74, 6) is -2.16. The third-order valence-corrected chi connectivity index (χ3v) is 3.19. The number of likely N-dealkylation sites (N-methyl/N-ethyl adjacent to an activating group) is 1. The SMILES string of the molecule is CN(CC(=O)c1ccc(F)c(F)c1)CC1CCCO1. The van der Waals surface area contributed by atoms with Gasteiger partial charge in [0.25, 0.3) is 0 Å². The van der Waals surface area contributed by atoms with Crippen LogP contribution in [-0.4, -0.2) is 43.5 Å². The molecule has 1 unspecified atom stereocenters. The third kappa shape index (κ3) is 3.81. The molecule has 104 valence electrons. The molecule has 3 nitrogen and oxygen atoms in total. The van der Waals surface area contributed by atoms with E-state index in [-0.39, 0.29) is 24.0 Å². The molecule has 0 bridgehead atoms. The van der Waals surface area contributed by atoms with Crippen LogP contribution in [0.4, 0.5) is 8.78 Å². The van der Waals surface area contributed by atoms with Gasteiger partial charge in [-0.05, 0) is 38.1 Å². The molecule has 0 saturated carbocycles. The number of ether oxygens (including phenoxy) is 1. The molecule has 0 aromatic heterocycles. The van der Waals surface area contributed by atoms with E-state index in [0.29, 0.717) is 6.54 Å². The number of halogens is 2. The number of hydrogen-bond acceptors (Lipinski definition) is 3. The fourth-order valence-corrected chi connectivity index (χ4v) is 2.21. The molecule has 0 N–H and O–H groups in total. The van der Waals surface area contributed by atoms with Crippen molar-refractivity contribution in [1.82, 2.24) is 4.90 Å². The summed E-state index contributed by atoms with van der Waals surface area (Å²) in [6.07, 6.45) is 2.22. The van der Waals surface area contributed by atoms with Crippen LogP contribution >= 0.6 is 0 Å². The summed E-state index contributed by atoms with van der Waals surface area (Å²) in [6.45, 7) is 1.62. The fourth-order valence-electron chi connectivity index (χ4n) is 2.21. The summed E-state index contributed by atoms with van der Waals surface area (Å²) in [4.78, 5) is 13.8. The molecule has 1 saturated heterocycles. The maximum absolute atomic E-state index is 13.0. The first-order valence-electron chi connectivity index (χ1n) is 6.34. The van der Waals surface area contributed by atoms with Gasteiger partial charge in [0, 0.05) is 18.7 Å². The summed E-state index contributed by atoms with van der Waals surface area (Å²) in [5.41, 5.74) is 0.193. The van der Waals surface area contributed by atoms with Crippen LogP contribution in [-0.2, 0) is 4.74 Å². The van der Waals surface area contributed by atoms with Gasteiger partial charge in [-0.1, -0.05) is 0 Å². The van der Waals surface area contributed by atoms with E-state index in [0.717, 1.165) is 31.6 Å². The summed E-state index contributed by atoms with van der Waals surface area (Å²) < 4.78 is 31.3. The fraction of sp³-hybridized carbons (Fsp3) is 0.500. The zero-order valence-electron chi connectivity index (χ0n) is 10.9. The predicted octanol–water partition coefficient (Wildman–Crippen LogP) is 2.26. The van der Waals surface area contributed by atoms with Crippen molar-refractivity contribution >= 4 is 5.78 Å². The van der Waals surface area contributed by atoms with Crippen molar-refractivity contribution in [2.24, 2.45) is 0 Å². The third-order valence-electron chi connectivity index (χ3n) is 3.19. The van der Waals surface area contributed by atoms with Gasteiger partial charge in [-0.15, -0.1) is 0 Å². The van der Waals surface area contributed by atoms with Crippen molar-refractivity contribution in [3.8, 4) is 0 Å². The highest BCUT2D eigenvalue weighted by molar-refractivity contribution is 5.97. The molecule has 1 aliphatic heterocycles. The number of hydrogen-bond donors (Lipinski definition) is 0. The smallest absolute Gasteiger partial charge is 0.176 e. The van der Waals surface area contributed by atoms with Crippen LogP contribution in [0.2, 0.25) is 0 Å². The molecule has 2 rings (SSSR count). The van der Waals surface area contributed by atoms with Gasteiger partial charge in [-0.2, -0.15) is 0 Å². The van der Waals surface area contributed by atoms with Crippen LogP contribution in [0.25, 0.3) is 0 Å². The lowest BCUT2D eigenvalue weighted by molar-refractivity contribution is 0.0740. The molecular formula is C14H17F2NO2. The Labute approximate surface area is 111 Å². The normalized spacial score (nSPS) is 19.1. The topological polar surface area (TPSA) is 29.5 Å². The maximum Gasteiger partial charge on any atom is 0.176 e. The van der Waals surface area contributed by atoms with E-state index < -0.39 is 11.6 Å². The molecule has 1 aliphatic rings. The zero-order chi connectivity index (χ0) is 13.8. The second kappa shape index (κ2) is 6.21. The average Bonchev–Trinajstić information content (AvgIpc) is 2.85. The average molecular weight is 269 g/mol. The maximum atomic E-state index is 13.0. The first-order valence-corrected chi connectivity index (χ1v) is 6.34. The molecular weight excluding hydrogens is 252 g/mol. The van der Waals surface area contributed by atoms with Gasteiger partial charge in [0.1, 0.15) is 0 Å². The van der Waals surface area contributed by atoms with Crippen LogP contribution in [0.1, 0.15) is 23.2 Å². The summed E-state index contributed by atoms with van der Waals surface area (Å²) >= 11 is 0. The Morgan fingerprint density at radius 2 is 2.21 bits per heavy atom. The van der Waals surface area contributed by atoms with E-state index in [1.165, 1.54) is 6.07 Å². The van der Waals surface area contributed by atoms with Crippen molar-refractivity contribution in [2.45, 2.75) is 18.9 Å². The number of rotatable bonds is 5. The van der Waals surface area contributed by atoms with Crippen molar-refractivity contribution in [3.05, 3.63) is 35.4 Å². The van der Waals surface area contributed by atoms with E-state index in [9.17, 15) is 13.6 Å². The van der Waals surface area contributed by atoms with E-state index in [1.807, 2.05) is 11.9 Å². The molecule has 1 aromatic rings. The Bertz CT molecular complexity index is 459. The summed E-state index contributed by atoms with van der Waals surface area (Å²) in [7, 11) is 1.82. The molecule has 0 amide bonds. The molecule has 0 radical (unpaired) electrons. The van der Waals surface area contributed by atoms with E-state index in [4.69, 9.17) is 4.74 Å². The lowest BCUT2D eigenvalue weighted by Crippen LogP contribution is -2.33. The first kappa shape index (κ1) is 14.1. The van der Waals surface area contributed by atoms with E-state index in [2.05, 4.69) is 0 Å². The van der Waals surface area contributed by atoms with Gasteiger partial charge >= 0.3 is 0 Å². The Kier molecular flexibility index (Phi) is 4.61. The number of carbonyl (C=O) groups excluding carboxylic acids is 1. The number of ketones is 1. The highest BCUT2D eigenvalue weighted by atomic mass is 19.2. The summed E-state index contributed by atoms with van der Waals surface area (Å²) in [6, 6.07) is 3.22. The van der Waals surface area contributed by atoms with Crippen molar-refractivity contribution < 1.29 is 18.3 Å². The number of nitrogens with zero attached hydrogens (tertiary/aromatic N) is 1. The van der Waals surface area contributed by atoms with Crippen molar-refractivity contribution in [2.75, 3.05) is 26.7 Å². The van der Waals surface area contributed by atoms with Crippen LogP contribution in [0, 0.1) is 11.6 Å². The van der Waals surface area contributed by atoms with Crippen LogP contribution in [0.5, 0.6) is 0 Å². The Hall–Kier alpha value is -1.33. The number of Topliss-reactive ketones (excluding diaryl/α,β-unsaturated/α-hetero) is 1. The minimum atomic E-state index is -0.993. The molecule has 5 heteroatoms. The molecule has 1 fully saturated rings. The lowest BCUT2D eigenvalue weighted by Gasteiger charge is -2.19. The molecule has 1 aromatic carbocycles. The quantitative estimate of drug-likeness (QED) is 0.768. The monoisotopic (exact) mass is 269 g/mol. The lowest BCUT2D eigenvalue weighted by atomic mass is 10.1. The molecule has 19 heavy (non-hydrogen) atoms. The van der Waals surface area contributed by atoms with Gasteiger partial charge < -0.3 is 4.74 Å². The van der Waals surface area contributed by atoms with Gasteiger partial charge in [0.2, 0.25) is 0 Å². The Morgan fingerprint density at radius 3 is 2.84 bits per heavy atom. The minimum absolute atomic E-state index is 0.169. The van der Waals surface area contributed by atoms with Crippen molar-refractivity contribution in [1.29, 1.82) is 0 Å². The van der Waals surface area contributed by atoms with Crippen molar-refractivity contribution in [3.63, 3.8) is 0 Å². The Balaban J connectivity index is 1.90. The van der Waals surface area contributed by atoms with Gasteiger partial charge in [-0.3, -0.25) is 9.69 Å². The molecule has 1 atom stereocenters. The highest BCUT2D eigenvalue weighted by Crippen LogP contribution is 2.13. The number of benzene rings is 1. The molecule has 0 aliphatic carbocycles. The van der Waals surface area contributed by atoms with Crippen LogP contribution < -0.4 is 0 Å². The second-order valence-corrected chi connectivity index (χ2v) is 4.88. The number of carbonyl (C=O) groups is 1. The highest BCUT2D eigenvalue weighted by Gasteiger charge is 2.19. The summed E-state index contributed by atoms with van der Waals surface area (Å²) in [5, 5.41) is 0. The van der Waals surface area contributed by atoms with Gasteiger partial charge in [-0.25, -0.2) is 8.78 Å². The van der Waals surface area contributed by atoms with E-state index in [1.54, 1.807) is 0 Å². The van der Waals surface area contributed by atoms with Crippen LogP contribution in [0.3, 0.4) is 0 Å². The van der Waals surface area contributed by atoms with Gasteiger partial charge in [0.05, 0.1) is 12.6 Å². The van der Waals surface area contributed by atoms with E-state index >= 15 is 0 Å².